The summed E-state index contributed by atoms with van der Waals surface area (Å²) in [5.74, 6) is -4.45. The van der Waals surface area contributed by atoms with Gasteiger partial charge in [-0.1, -0.05) is 11.6 Å². The third-order valence-electron chi connectivity index (χ3n) is 1.71. The average molecular weight is 244 g/mol. The van der Waals surface area contributed by atoms with Crippen molar-refractivity contribution in [2.45, 2.75) is 12.0 Å². The number of aromatic nitrogens is 1. The van der Waals surface area contributed by atoms with Gasteiger partial charge in [0.15, 0.2) is 0 Å². The van der Waals surface area contributed by atoms with Crippen molar-refractivity contribution in [3.05, 3.63) is 29.0 Å². The van der Waals surface area contributed by atoms with Crippen LogP contribution in [0.5, 0.6) is 0 Å². The number of hydrogen-bond acceptors (Lipinski definition) is 2. The van der Waals surface area contributed by atoms with Crippen LogP contribution in [0, 0.1) is 0 Å². The molecule has 0 aliphatic carbocycles. The van der Waals surface area contributed by atoms with E-state index in [4.69, 9.17) is 11.6 Å². The van der Waals surface area contributed by atoms with E-state index >= 15 is 0 Å². The van der Waals surface area contributed by atoms with Crippen LogP contribution in [-0.4, -0.2) is 18.2 Å². The van der Waals surface area contributed by atoms with E-state index in [0.29, 0.717) is 13.3 Å². The highest BCUT2D eigenvalue weighted by atomic mass is 35.5. The Morgan fingerprint density at radius 2 is 1.87 bits per heavy atom. The summed E-state index contributed by atoms with van der Waals surface area (Å²) < 4.78 is 55.0. The lowest BCUT2D eigenvalue weighted by atomic mass is 10.1. The normalized spacial score (nSPS) is 12.9. The Morgan fingerprint density at radius 1 is 1.27 bits per heavy atom. The van der Waals surface area contributed by atoms with Gasteiger partial charge in [-0.3, -0.25) is 0 Å². The largest absolute Gasteiger partial charge is 0.423 e. The maximum absolute atomic E-state index is 13.1. The molecule has 0 aliphatic heterocycles. The quantitative estimate of drug-likeness (QED) is 0.601. The van der Waals surface area contributed by atoms with Crippen LogP contribution >= 0.6 is 11.6 Å². The third-order valence-corrected chi connectivity index (χ3v) is 1.94. The third kappa shape index (κ3) is 2.21. The Morgan fingerprint density at radius 3 is 2.27 bits per heavy atom. The molecular weight excluding hydrogens is 238 g/mol. The van der Waals surface area contributed by atoms with Gasteiger partial charge in [0.25, 0.3) is 0 Å². The Kier molecular flexibility index (Phi) is 3.20. The monoisotopic (exact) mass is 243 g/mol. The van der Waals surface area contributed by atoms with Gasteiger partial charge in [-0.15, -0.1) is 0 Å². The number of methoxy groups -OCH3 is 1. The Bertz CT molecular complexity index is 341. The molecule has 0 atom stereocenters. The first-order valence-electron chi connectivity index (χ1n) is 3.74. The van der Waals surface area contributed by atoms with Gasteiger partial charge in [-0.25, -0.2) is 4.98 Å². The summed E-state index contributed by atoms with van der Waals surface area (Å²) in [4.78, 5) is 3.29. The fraction of sp³-hybridized carbons (Fsp3) is 0.375. The van der Waals surface area contributed by atoms with Crippen LogP contribution in [-0.2, 0) is 10.7 Å². The van der Waals surface area contributed by atoms with Crippen molar-refractivity contribution in [3.8, 4) is 0 Å². The van der Waals surface area contributed by atoms with Gasteiger partial charge in [-0.2, -0.15) is 17.6 Å². The van der Waals surface area contributed by atoms with Gasteiger partial charge in [0, 0.05) is 18.9 Å². The van der Waals surface area contributed by atoms with Crippen LogP contribution < -0.4 is 0 Å². The molecule has 0 saturated heterocycles. The van der Waals surface area contributed by atoms with E-state index in [-0.39, 0.29) is 5.15 Å². The van der Waals surface area contributed by atoms with Crippen molar-refractivity contribution in [2.24, 2.45) is 0 Å². The minimum atomic E-state index is -4.58. The maximum atomic E-state index is 13.1. The second-order valence-corrected chi connectivity index (χ2v) is 3.05. The Balaban J connectivity index is 3.10. The van der Waals surface area contributed by atoms with Crippen LogP contribution in [0.3, 0.4) is 0 Å². The standard InChI is InChI=1S/C8H6ClF4NO/c1-15-8(12,13)7(10,11)5-2-3-6(9)14-4-5/h2-4H,1H3. The fourth-order valence-electron chi connectivity index (χ4n) is 0.858. The summed E-state index contributed by atoms with van der Waals surface area (Å²) in [6.07, 6.45) is -4.00. The van der Waals surface area contributed by atoms with Gasteiger partial charge in [-0.05, 0) is 12.1 Å². The van der Waals surface area contributed by atoms with Gasteiger partial charge in [0.1, 0.15) is 5.15 Å². The number of nitrogens with zero attached hydrogens (tertiary/aromatic N) is 1. The molecule has 0 bridgehead atoms. The average Bonchev–Trinajstić information content (AvgIpc) is 2.18. The van der Waals surface area contributed by atoms with E-state index in [1.165, 1.54) is 0 Å². The van der Waals surface area contributed by atoms with Gasteiger partial charge >= 0.3 is 12.0 Å². The molecule has 0 spiro atoms. The molecule has 1 aromatic rings. The van der Waals surface area contributed by atoms with Crippen LogP contribution in [0.1, 0.15) is 5.56 Å². The lowest BCUT2D eigenvalue weighted by Gasteiger charge is -2.24. The minimum absolute atomic E-state index is 0.0599. The summed E-state index contributed by atoms with van der Waals surface area (Å²) in [5, 5.41) is -0.0599. The number of alkyl halides is 4. The summed E-state index contributed by atoms with van der Waals surface area (Å²) in [5.41, 5.74) is -0.959. The van der Waals surface area contributed by atoms with E-state index in [9.17, 15) is 17.6 Å². The van der Waals surface area contributed by atoms with Crippen LogP contribution in [0.4, 0.5) is 17.6 Å². The number of pyridine rings is 1. The fourth-order valence-corrected chi connectivity index (χ4v) is 0.970. The van der Waals surface area contributed by atoms with Crippen molar-refractivity contribution < 1.29 is 22.3 Å². The first-order valence-corrected chi connectivity index (χ1v) is 4.12. The van der Waals surface area contributed by atoms with Gasteiger partial charge in [0.05, 0.1) is 0 Å². The predicted molar refractivity (Wildman–Crippen MR) is 45.1 cm³/mol. The minimum Gasteiger partial charge on any atom is -0.319 e. The molecule has 1 heterocycles. The van der Waals surface area contributed by atoms with Gasteiger partial charge in [0.2, 0.25) is 0 Å². The van der Waals surface area contributed by atoms with Crippen molar-refractivity contribution in [2.75, 3.05) is 7.11 Å². The highest BCUT2D eigenvalue weighted by Crippen LogP contribution is 2.42. The zero-order valence-electron chi connectivity index (χ0n) is 7.48. The highest BCUT2D eigenvalue weighted by molar-refractivity contribution is 6.29. The molecule has 0 aromatic carbocycles. The van der Waals surface area contributed by atoms with Gasteiger partial charge < -0.3 is 4.74 Å². The lowest BCUT2D eigenvalue weighted by Crippen LogP contribution is -2.39. The molecule has 1 rings (SSSR count). The van der Waals surface area contributed by atoms with E-state index in [1.54, 1.807) is 0 Å². The predicted octanol–water partition coefficient (Wildman–Crippen LogP) is 3.07. The molecule has 0 radical (unpaired) electrons. The van der Waals surface area contributed by atoms with Crippen molar-refractivity contribution in [1.82, 2.24) is 4.98 Å². The molecule has 0 unspecified atom stereocenters. The molecule has 84 valence electrons. The van der Waals surface area contributed by atoms with Crippen molar-refractivity contribution >= 4 is 11.6 Å². The lowest BCUT2D eigenvalue weighted by molar-refractivity contribution is -0.344. The molecular formula is C8H6ClF4NO. The summed E-state index contributed by atoms with van der Waals surface area (Å²) in [6.45, 7) is 0. The highest BCUT2D eigenvalue weighted by Gasteiger charge is 2.58. The molecule has 0 aliphatic rings. The molecule has 0 N–H and O–H groups in total. The molecule has 0 saturated carbocycles. The van der Waals surface area contributed by atoms with Crippen LogP contribution in [0.25, 0.3) is 0 Å². The van der Waals surface area contributed by atoms with E-state index in [1.807, 2.05) is 0 Å². The van der Waals surface area contributed by atoms with Crippen LogP contribution in [0.15, 0.2) is 18.3 Å². The number of hydrogen-bond donors (Lipinski definition) is 0. The molecule has 7 heteroatoms. The maximum Gasteiger partial charge on any atom is 0.423 e. The van der Waals surface area contributed by atoms with Crippen molar-refractivity contribution in [1.29, 1.82) is 0 Å². The SMILES string of the molecule is COC(F)(F)C(F)(F)c1ccc(Cl)nc1. The topological polar surface area (TPSA) is 22.1 Å². The van der Waals surface area contributed by atoms with Crippen molar-refractivity contribution in [3.63, 3.8) is 0 Å². The second-order valence-electron chi connectivity index (χ2n) is 2.66. The van der Waals surface area contributed by atoms with Crippen LogP contribution in [0.2, 0.25) is 5.15 Å². The summed E-state index contributed by atoms with van der Waals surface area (Å²) in [7, 11) is 0.497. The number of rotatable bonds is 3. The summed E-state index contributed by atoms with van der Waals surface area (Å²) >= 11 is 5.34. The molecule has 2 nitrogen and oxygen atoms in total. The Labute approximate surface area is 87.8 Å². The number of halogens is 5. The smallest absolute Gasteiger partial charge is 0.319 e. The molecule has 15 heavy (non-hydrogen) atoms. The molecule has 1 aromatic heterocycles. The molecule has 0 amide bonds. The molecule has 0 fully saturated rings. The first kappa shape index (κ1) is 12.2. The van der Waals surface area contributed by atoms with E-state index in [0.717, 1.165) is 12.1 Å². The zero-order chi connectivity index (χ0) is 11.7. The van der Waals surface area contributed by atoms with E-state index in [2.05, 4.69) is 9.72 Å². The Hall–Kier alpha value is -0.880. The zero-order valence-corrected chi connectivity index (χ0v) is 8.23. The summed E-state index contributed by atoms with van der Waals surface area (Å²) in [6, 6.07) is 1.76. The first-order chi connectivity index (χ1) is 6.81. The second kappa shape index (κ2) is 3.94. The number of ether oxygens (including phenoxy) is 1. The van der Waals surface area contributed by atoms with E-state index < -0.39 is 17.6 Å².